The van der Waals surface area contributed by atoms with Crippen molar-refractivity contribution in [2.45, 2.75) is 82.7 Å². The van der Waals surface area contributed by atoms with Crippen molar-refractivity contribution in [1.82, 2.24) is 30.5 Å². The number of anilines is 3. The number of aromatic nitrogens is 3. The number of carbonyl (C=O) groups is 5. The van der Waals surface area contributed by atoms with Crippen molar-refractivity contribution in [3.8, 4) is 6.01 Å². The van der Waals surface area contributed by atoms with Crippen LogP contribution in [-0.4, -0.2) is 98.7 Å². The van der Waals surface area contributed by atoms with Crippen LogP contribution in [0.15, 0.2) is 48.5 Å². The smallest absolute Gasteiger partial charge is 0.422 e. The summed E-state index contributed by atoms with van der Waals surface area (Å²) in [5.74, 6) is -3.96. The van der Waals surface area contributed by atoms with E-state index in [1.165, 1.54) is 24.3 Å². The summed E-state index contributed by atoms with van der Waals surface area (Å²) in [7, 11) is 0. The Bertz CT molecular complexity index is 1970. The van der Waals surface area contributed by atoms with Crippen molar-refractivity contribution in [2.24, 2.45) is 5.92 Å². The fourth-order valence-corrected chi connectivity index (χ4v) is 6.16. The first-order valence-corrected chi connectivity index (χ1v) is 18.8. The molecule has 2 heterocycles. The number of alkyl halides is 3. The number of aliphatic carboxylic acids is 1. The number of halogens is 4. The molecule has 312 valence electrons. The highest BCUT2D eigenvalue weighted by atomic mass is 35.5. The summed E-state index contributed by atoms with van der Waals surface area (Å²) in [5, 5.41) is 21.1. The fraction of sp³-hybridized carbons (Fsp3) is 0.474. The molecule has 3 amide bonds. The molecule has 0 spiro atoms. The highest BCUT2D eigenvalue weighted by molar-refractivity contribution is 6.36. The van der Waals surface area contributed by atoms with Crippen molar-refractivity contribution in [1.29, 1.82) is 0 Å². The van der Waals surface area contributed by atoms with Crippen LogP contribution in [-0.2, 0) is 24.7 Å². The number of hydrogen-bond acceptors (Lipinski definition) is 12. The lowest BCUT2D eigenvalue weighted by Gasteiger charge is -2.33. The molecule has 2 fully saturated rings. The SMILES string of the molecule is CC(C)(C)OC(=O)N1CCC(CC(=O)C(=O)NCC[C@H](NC(=O)c2ccc(Nc3nc(NC4(c5ccc(Cl)cc5)CC4)nc(OCC(F)(F)F)n3)cc2)C(=O)O)CC1. The van der Waals surface area contributed by atoms with Crippen LogP contribution in [0.1, 0.15) is 75.2 Å². The maximum atomic E-state index is 13.0. The molecule has 16 nitrogen and oxygen atoms in total. The third-order valence-electron chi connectivity index (χ3n) is 9.20. The van der Waals surface area contributed by atoms with Gasteiger partial charge in [0.1, 0.15) is 11.6 Å². The number of carboxylic acids is 1. The third-order valence-corrected chi connectivity index (χ3v) is 9.45. The molecule has 1 atom stereocenters. The molecule has 1 saturated heterocycles. The van der Waals surface area contributed by atoms with E-state index in [0.29, 0.717) is 49.5 Å². The van der Waals surface area contributed by atoms with E-state index in [4.69, 9.17) is 21.1 Å². The van der Waals surface area contributed by atoms with Crippen molar-refractivity contribution < 1.29 is 51.7 Å². The molecule has 1 aliphatic carbocycles. The number of ketones is 1. The summed E-state index contributed by atoms with van der Waals surface area (Å²) in [6, 6.07) is 10.7. The lowest BCUT2D eigenvalue weighted by molar-refractivity contribution is -0.154. The van der Waals surface area contributed by atoms with Crippen LogP contribution >= 0.6 is 11.6 Å². The molecule has 2 aromatic carbocycles. The average Bonchev–Trinajstić information content (AvgIpc) is 3.93. The maximum Gasteiger partial charge on any atom is 0.422 e. The normalized spacial score (nSPS) is 15.7. The van der Waals surface area contributed by atoms with Crippen molar-refractivity contribution in [3.05, 3.63) is 64.7 Å². The van der Waals surface area contributed by atoms with Crippen molar-refractivity contribution >= 4 is 58.8 Å². The molecule has 5 rings (SSSR count). The zero-order chi connectivity index (χ0) is 42.3. The van der Waals surface area contributed by atoms with Crippen molar-refractivity contribution in [2.75, 3.05) is 36.9 Å². The molecule has 1 saturated carbocycles. The van der Waals surface area contributed by atoms with Crippen LogP contribution in [0, 0.1) is 5.92 Å². The average molecular weight is 833 g/mol. The van der Waals surface area contributed by atoms with E-state index in [2.05, 4.69) is 36.2 Å². The number of likely N-dealkylation sites (tertiary alicyclic amines) is 1. The van der Waals surface area contributed by atoms with E-state index < -0.39 is 65.6 Å². The summed E-state index contributed by atoms with van der Waals surface area (Å²) in [6.07, 6.45) is -2.89. The minimum atomic E-state index is -4.65. The molecular weight excluding hydrogens is 789 g/mol. The Balaban J connectivity index is 1.12. The van der Waals surface area contributed by atoms with Crippen LogP contribution in [0.2, 0.25) is 5.02 Å². The molecule has 3 aromatic rings. The van der Waals surface area contributed by atoms with Gasteiger partial charge in [0.05, 0.1) is 5.54 Å². The summed E-state index contributed by atoms with van der Waals surface area (Å²) in [5.41, 5.74) is 0.0734. The van der Waals surface area contributed by atoms with Gasteiger partial charge in [-0.05, 0) is 101 Å². The minimum absolute atomic E-state index is 0.0265. The lowest BCUT2D eigenvalue weighted by atomic mass is 9.91. The predicted molar refractivity (Wildman–Crippen MR) is 204 cm³/mol. The number of Topliss-reactive ketones (excluding diaryl/α,β-unsaturated/α-hetero) is 1. The number of amides is 3. The van der Waals surface area contributed by atoms with Gasteiger partial charge in [0.2, 0.25) is 17.7 Å². The number of carbonyl (C=O) groups excluding carboxylic acids is 4. The summed E-state index contributed by atoms with van der Waals surface area (Å²) < 4.78 is 49.1. The van der Waals surface area contributed by atoms with E-state index in [-0.39, 0.29) is 42.8 Å². The Morgan fingerprint density at radius 2 is 1.59 bits per heavy atom. The molecule has 20 heteroatoms. The van der Waals surface area contributed by atoms with Crippen LogP contribution in [0.4, 0.5) is 35.5 Å². The Morgan fingerprint density at radius 1 is 0.948 bits per heavy atom. The standard InChI is InChI=1S/C38H44ClF3N8O8/c1-36(2,3)58-35(56)50-18-13-22(14-19-50)20-28(51)30(53)43-17-12-27(31(54)55)45-29(52)23-4-10-26(11-5-23)44-32-46-33(48-34(47-32)57-21-38(40,41)42)49-37(15-16-37)24-6-8-25(39)9-7-24/h4-11,22,27H,12-21H2,1-3H3,(H,43,53)(H,45,52)(H,54,55)(H2,44,46,47,48,49)/t27-/m0/s1. The number of carboxylic acid groups (broad SMARTS) is 1. The predicted octanol–water partition coefficient (Wildman–Crippen LogP) is 5.61. The molecule has 0 bridgehead atoms. The van der Waals surface area contributed by atoms with Gasteiger partial charge in [0, 0.05) is 42.3 Å². The molecular formula is C38H44ClF3N8O8. The summed E-state index contributed by atoms with van der Waals surface area (Å²) in [6.45, 7) is 4.25. The number of nitrogens with zero attached hydrogens (tertiary/aromatic N) is 4. The van der Waals surface area contributed by atoms with Gasteiger partial charge in [0.25, 0.3) is 11.8 Å². The number of piperidine rings is 1. The van der Waals surface area contributed by atoms with Gasteiger partial charge in [-0.25, -0.2) is 9.59 Å². The van der Waals surface area contributed by atoms with Crippen LogP contribution < -0.4 is 26.0 Å². The number of ether oxygens (including phenoxy) is 2. The summed E-state index contributed by atoms with van der Waals surface area (Å²) in [4.78, 5) is 76.1. The van der Waals surface area contributed by atoms with Gasteiger partial charge in [0.15, 0.2) is 6.61 Å². The number of benzene rings is 2. The van der Waals surface area contributed by atoms with Gasteiger partial charge in [-0.3, -0.25) is 14.4 Å². The van der Waals surface area contributed by atoms with E-state index in [1.807, 2.05) is 12.1 Å². The molecule has 58 heavy (non-hydrogen) atoms. The fourth-order valence-electron chi connectivity index (χ4n) is 6.04. The summed E-state index contributed by atoms with van der Waals surface area (Å²) >= 11 is 6.03. The first-order valence-electron chi connectivity index (χ1n) is 18.5. The van der Waals surface area contributed by atoms with E-state index in [0.717, 1.165) is 5.56 Å². The molecule has 5 N–H and O–H groups in total. The second kappa shape index (κ2) is 18.3. The van der Waals surface area contributed by atoms with Gasteiger partial charge >= 0.3 is 24.2 Å². The lowest BCUT2D eigenvalue weighted by Crippen LogP contribution is -2.44. The first kappa shape index (κ1) is 43.4. The van der Waals surface area contributed by atoms with Crippen molar-refractivity contribution in [3.63, 3.8) is 0 Å². The Hall–Kier alpha value is -5.72. The first-order chi connectivity index (χ1) is 27.3. The Kier molecular flexibility index (Phi) is 13.7. The highest BCUT2D eigenvalue weighted by Gasteiger charge is 2.45. The Morgan fingerprint density at radius 3 is 2.17 bits per heavy atom. The number of hydrogen-bond donors (Lipinski definition) is 5. The van der Waals surface area contributed by atoms with Gasteiger partial charge < -0.3 is 40.7 Å². The Labute approximate surface area is 336 Å². The van der Waals surface area contributed by atoms with Crippen LogP contribution in [0.5, 0.6) is 6.01 Å². The number of rotatable bonds is 16. The van der Waals surface area contributed by atoms with E-state index >= 15 is 0 Å². The second-order valence-corrected chi connectivity index (χ2v) is 15.5. The second-order valence-electron chi connectivity index (χ2n) is 15.0. The van der Waals surface area contributed by atoms with Crippen LogP contribution in [0.3, 0.4) is 0 Å². The molecule has 1 aromatic heterocycles. The maximum absolute atomic E-state index is 13.0. The minimum Gasteiger partial charge on any atom is -0.480 e. The molecule has 0 unspecified atom stereocenters. The molecule has 2 aliphatic rings. The quantitative estimate of drug-likeness (QED) is 0.111. The van der Waals surface area contributed by atoms with Gasteiger partial charge in [-0.1, -0.05) is 23.7 Å². The largest absolute Gasteiger partial charge is 0.480 e. The topological polar surface area (TPSA) is 214 Å². The van der Waals surface area contributed by atoms with Crippen LogP contribution in [0.25, 0.3) is 0 Å². The zero-order valence-corrected chi connectivity index (χ0v) is 32.7. The van der Waals surface area contributed by atoms with E-state index in [9.17, 15) is 42.3 Å². The zero-order valence-electron chi connectivity index (χ0n) is 32.0. The van der Waals surface area contributed by atoms with Gasteiger partial charge in [-0.15, -0.1) is 0 Å². The van der Waals surface area contributed by atoms with Gasteiger partial charge in [-0.2, -0.15) is 28.1 Å². The monoisotopic (exact) mass is 832 g/mol. The molecule has 0 radical (unpaired) electrons. The molecule has 1 aliphatic heterocycles. The third kappa shape index (κ3) is 12.9. The van der Waals surface area contributed by atoms with E-state index in [1.54, 1.807) is 37.8 Å². The highest BCUT2D eigenvalue weighted by Crippen LogP contribution is 2.48. The number of nitrogens with one attached hydrogen (secondary N) is 4.